The van der Waals surface area contributed by atoms with Gasteiger partial charge in [0.25, 0.3) is 0 Å². The fraction of sp³-hybridized carbons (Fsp3) is 0.333. The molecule has 1 aromatic rings. The lowest BCUT2D eigenvalue weighted by Gasteiger charge is -2.09. The Kier molecular flexibility index (Phi) is 4.76. The second kappa shape index (κ2) is 6.75. The van der Waals surface area contributed by atoms with Gasteiger partial charge in [0, 0.05) is 18.7 Å². The number of hydrogen-bond donors (Lipinski definition) is 3. The molecule has 0 fully saturated rings. The normalized spacial score (nSPS) is 16.9. The summed E-state index contributed by atoms with van der Waals surface area (Å²) in [5, 5.41) is 5.39. The summed E-state index contributed by atoms with van der Waals surface area (Å²) in [5.74, 6) is 0.457. The number of carbonyl (C=O) groups excluding carboxylic acids is 2. The lowest BCUT2D eigenvalue weighted by Crippen LogP contribution is -2.24. The largest absolute Gasteiger partial charge is 0.352 e. The Bertz CT molecular complexity index is 508. The van der Waals surface area contributed by atoms with Gasteiger partial charge < -0.3 is 16.4 Å². The first kappa shape index (κ1) is 14.1. The molecule has 1 unspecified atom stereocenters. The van der Waals surface area contributed by atoms with Crippen molar-refractivity contribution in [3.05, 3.63) is 42.0 Å². The molecule has 2 rings (SSSR count). The van der Waals surface area contributed by atoms with Crippen molar-refractivity contribution in [2.24, 2.45) is 11.7 Å². The number of anilines is 1. The van der Waals surface area contributed by atoms with Crippen LogP contribution in [-0.2, 0) is 11.3 Å². The number of benzene rings is 1. The van der Waals surface area contributed by atoms with E-state index in [1.165, 1.54) is 0 Å². The van der Waals surface area contributed by atoms with E-state index in [0.29, 0.717) is 24.6 Å². The van der Waals surface area contributed by atoms with Gasteiger partial charge in [0.05, 0.1) is 0 Å². The molecule has 1 aliphatic carbocycles. The standard InChI is InChI=1S/C15H19N3O2/c16-15(20)18-13-7-5-12(6-8-13)10-17-14(19)9-11-3-1-2-4-11/h1,3,5-8,11H,2,4,9-10H2,(H,17,19)(H3,16,18,20). The molecule has 1 aromatic carbocycles. The average molecular weight is 273 g/mol. The number of primary amides is 1. The zero-order valence-electron chi connectivity index (χ0n) is 11.3. The first-order valence-electron chi connectivity index (χ1n) is 6.72. The molecule has 1 atom stereocenters. The predicted molar refractivity (Wildman–Crippen MR) is 78.0 cm³/mol. The van der Waals surface area contributed by atoms with Crippen LogP contribution in [0.2, 0.25) is 0 Å². The molecule has 3 amide bonds. The maximum Gasteiger partial charge on any atom is 0.316 e. The summed E-state index contributed by atoms with van der Waals surface area (Å²) in [4.78, 5) is 22.4. The molecule has 0 spiro atoms. The first-order chi connectivity index (χ1) is 9.63. The van der Waals surface area contributed by atoms with Gasteiger partial charge in [-0.25, -0.2) is 4.79 Å². The van der Waals surface area contributed by atoms with Crippen molar-refractivity contribution in [3.63, 3.8) is 0 Å². The van der Waals surface area contributed by atoms with Crippen LogP contribution in [0.1, 0.15) is 24.8 Å². The Balaban J connectivity index is 1.76. The summed E-state index contributed by atoms with van der Waals surface area (Å²) in [6.45, 7) is 0.492. The van der Waals surface area contributed by atoms with Gasteiger partial charge in [0.1, 0.15) is 0 Å². The third-order valence-electron chi connectivity index (χ3n) is 3.27. The summed E-state index contributed by atoms with van der Waals surface area (Å²) < 4.78 is 0. The van der Waals surface area contributed by atoms with E-state index in [9.17, 15) is 9.59 Å². The van der Waals surface area contributed by atoms with E-state index in [2.05, 4.69) is 22.8 Å². The van der Waals surface area contributed by atoms with Gasteiger partial charge in [-0.2, -0.15) is 0 Å². The molecular weight excluding hydrogens is 254 g/mol. The number of hydrogen-bond acceptors (Lipinski definition) is 2. The van der Waals surface area contributed by atoms with E-state index < -0.39 is 6.03 Å². The van der Waals surface area contributed by atoms with Gasteiger partial charge in [-0.15, -0.1) is 0 Å². The van der Waals surface area contributed by atoms with Crippen LogP contribution in [0.25, 0.3) is 0 Å². The fourth-order valence-electron chi connectivity index (χ4n) is 2.22. The van der Waals surface area contributed by atoms with Crippen LogP contribution in [0.5, 0.6) is 0 Å². The second-order valence-electron chi connectivity index (χ2n) is 4.93. The number of carbonyl (C=O) groups is 2. The average Bonchev–Trinajstić information content (AvgIpc) is 2.90. The zero-order valence-corrected chi connectivity index (χ0v) is 11.3. The summed E-state index contributed by atoms with van der Waals surface area (Å²) in [5.41, 5.74) is 6.65. The Labute approximate surface area is 118 Å². The van der Waals surface area contributed by atoms with E-state index in [1.807, 2.05) is 12.1 Å². The smallest absolute Gasteiger partial charge is 0.316 e. The Morgan fingerprint density at radius 1 is 1.25 bits per heavy atom. The minimum atomic E-state index is -0.587. The Hall–Kier alpha value is -2.30. The number of rotatable bonds is 5. The Morgan fingerprint density at radius 2 is 2.00 bits per heavy atom. The minimum Gasteiger partial charge on any atom is -0.352 e. The van der Waals surface area contributed by atoms with Crippen LogP contribution < -0.4 is 16.4 Å². The topological polar surface area (TPSA) is 84.2 Å². The van der Waals surface area contributed by atoms with Gasteiger partial charge in [-0.1, -0.05) is 24.3 Å². The molecule has 0 aliphatic heterocycles. The molecule has 20 heavy (non-hydrogen) atoms. The highest BCUT2D eigenvalue weighted by Gasteiger charge is 2.13. The van der Waals surface area contributed by atoms with E-state index in [1.54, 1.807) is 12.1 Å². The lowest BCUT2D eigenvalue weighted by molar-refractivity contribution is -0.121. The highest BCUT2D eigenvalue weighted by Crippen LogP contribution is 2.20. The number of nitrogens with one attached hydrogen (secondary N) is 2. The SMILES string of the molecule is NC(=O)Nc1ccc(CNC(=O)CC2C=CCC2)cc1. The third-order valence-corrected chi connectivity index (χ3v) is 3.27. The van der Waals surface area contributed by atoms with Crippen molar-refractivity contribution in [3.8, 4) is 0 Å². The molecule has 0 radical (unpaired) electrons. The fourth-order valence-corrected chi connectivity index (χ4v) is 2.22. The van der Waals surface area contributed by atoms with Crippen LogP contribution in [0, 0.1) is 5.92 Å². The van der Waals surface area contributed by atoms with Crippen molar-refractivity contribution in [2.75, 3.05) is 5.32 Å². The van der Waals surface area contributed by atoms with Gasteiger partial charge in [0.15, 0.2) is 0 Å². The van der Waals surface area contributed by atoms with Crippen molar-refractivity contribution in [2.45, 2.75) is 25.8 Å². The summed E-state index contributed by atoms with van der Waals surface area (Å²) in [6.07, 6.45) is 6.94. The zero-order chi connectivity index (χ0) is 14.4. The molecule has 0 aromatic heterocycles. The molecule has 0 saturated carbocycles. The van der Waals surface area contributed by atoms with Gasteiger partial charge in [-0.05, 0) is 36.5 Å². The second-order valence-corrected chi connectivity index (χ2v) is 4.93. The van der Waals surface area contributed by atoms with E-state index in [-0.39, 0.29) is 5.91 Å². The van der Waals surface area contributed by atoms with Crippen LogP contribution in [0.4, 0.5) is 10.5 Å². The van der Waals surface area contributed by atoms with Crippen molar-refractivity contribution in [1.82, 2.24) is 5.32 Å². The molecule has 5 nitrogen and oxygen atoms in total. The molecule has 0 bridgehead atoms. The monoisotopic (exact) mass is 273 g/mol. The van der Waals surface area contributed by atoms with Gasteiger partial charge in [-0.3, -0.25) is 4.79 Å². The highest BCUT2D eigenvalue weighted by molar-refractivity contribution is 5.87. The molecule has 0 heterocycles. The Morgan fingerprint density at radius 3 is 2.60 bits per heavy atom. The van der Waals surface area contributed by atoms with Gasteiger partial charge >= 0.3 is 6.03 Å². The quantitative estimate of drug-likeness (QED) is 0.718. The van der Waals surface area contributed by atoms with Crippen LogP contribution >= 0.6 is 0 Å². The summed E-state index contributed by atoms with van der Waals surface area (Å²) >= 11 is 0. The van der Waals surface area contributed by atoms with Crippen molar-refractivity contribution >= 4 is 17.6 Å². The molecule has 0 saturated heterocycles. The summed E-state index contributed by atoms with van der Waals surface area (Å²) in [6, 6.07) is 6.62. The molecule has 1 aliphatic rings. The molecular formula is C15H19N3O2. The first-order valence-corrected chi connectivity index (χ1v) is 6.72. The summed E-state index contributed by atoms with van der Waals surface area (Å²) in [7, 11) is 0. The van der Waals surface area contributed by atoms with E-state index >= 15 is 0 Å². The van der Waals surface area contributed by atoms with Gasteiger partial charge in [0.2, 0.25) is 5.91 Å². The van der Waals surface area contributed by atoms with Crippen LogP contribution in [0.15, 0.2) is 36.4 Å². The molecule has 5 heteroatoms. The predicted octanol–water partition coefficient (Wildman–Crippen LogP) is 2.15. The molecule has 106 valence electrons. The minimum absolute atomic E-state index is 0.0703. The van der Waals surface area contributed by atoms with Crippen LogP contribution in [-0.4, -0.2) is 11.9 Å². The number of allylic oxidation sites excluding steroid dienone is 2. The molecule has 4 N–H and O–H groups in total. The van der Waals surface area contributed by atoms with Crippen molar-refractivity contribution in [1.29, 1.82) is 0 Å². The maximum atomic E-state index is 11.8. The number of amides is 3. The van der Waals surface area contributed by atoms with E-state index in [4.69, 9.17) is 5.73 Å². The van der Waals surface area contributed by atoms with Crippen molar-refractivity contribution < 1.29 is 9.59 Å². The van der Waals surface area contributed by atoms with E-state index in [0.717, 1.165) is 18.4 Å². The third kappa shape index (κ3) is 4.42. The highest BCUT2D eigenvalue weighted by atomic mass is 16.2. The van der Waals surface area contributed by atoms with Crippen LogP contribution in [0.3, 0.4) is 0 Å². The number of urea groups is 1. The lowest BCUT2D eigenvalue weighted by atomic mass is 10.1. The number of nitrogens with two attached hydrogens (primary N) is 1. The maximum absolute atomic E-state index is 11.8.